The van der Waals surface area contributed by atoms with E-state index in [0.717, 1.165) is 30.6 Å². The summed E-state index contributed by atoms with van der Waals surface area (Å²) in [7, 11) is 0. The Hall–Kier alpha value is -1.56. The van der Waals surface area contributed by atoms with Gasteiger partial charge in [-0.2, -0.15) is 5.26 Å². The highest BCUT2D eigenvalue weighted by atomic mass is 19.1. The summed E-state index contributed by atoms with van der Waals surface area (Å²) in [5.41, 5.74) is 2.04. The Morgan fingerprint density at radius 2 is 2.40 bits per heavy atom. The number of anilines is 1. The van der Waals surface area contributed by atoms with E-state index in [-0.39, 0.29) is 11.9 Å². The molecule has 1 aromatic rings. The Bertz CT molecular complexity index is 409. The number of nitrogens with zero attached hydrogens (tertiary/aromatic N) is 2. The second kappa shape index (κ2) is 3.90. The standard InChI is InChI=1S/C12H13FN2/c1-2-11(8-14)15-6-5-9-3-4-10(13)7-12(9)15/h3-4,7,11H,2,5-6H2,1H3. The van der Waals surface area contributed by atoms with Gasteiger partial charge in [-0.3, -0.25) is 0 Å². The van der Waals surface area contributed by atoms with Gasteiger partial charge in [-0.25, -0.2) is 4.39 Å². The molecule has 2 nitrogen and oxygen atoms in total. The molecule has 0 fully saturated rings. The van der Waals surface area contributed by atoms with Crippen LogP contribution in [0.2, 0.25) is 0 Å². The topological polar surface area (TPSA) is 27.0 Å². The van der Waals surface area contributed by atoms with Crippen molar-refractivity contribution in [2.75, 3.05) is 11.4 Å². The Kier molecular flexibility index (Phi) is 2.59. The van der Waals surface area contributed by atoms with Crippen LogP contribution in [0.3, 0.4) is 0 Å². The lowest BCUT2D eigenvalue weighted by Crippen LogP contribution is -2.31. The number of rotatable bonds is 2. The molecule has 0 spiro atoms. The molecule has 78 valence electrons. The minimum atomic E-state index is -0.228. The van der Waals surface area contributed by atoms with Crippen molar-refractivity contribution in [2.24, 2.45) is 0 Å². The van der Waals surface area contributed by atoms with E-state index >= 15 is 0 Å². The van der Waals surface area contributed by atoms with Gasteiger partial charge in [0.1, 0.15) is 11.9 Å². The molecule has 2 rings (SSSR count). The molecular weight excluding hydrogens is 191 g/mol. The first-order chi connectivity index (χ1) is 7.26. The van der Waals surface area contributed by atoms with Crippen molar-refractivity contribution in [3.8, 4) is 6.07 Å². The van der Waals surface area contributed by atoms with E-state index < -0.39 is 0 Å². The molecule has 0 bridgehead atoms. The van der Waals surface area contributed by atoms with Gasteiger partial charge in [-0.1, -0.05) is 13.0 Å². The normalized spacial score (nSPS) is 15.9. The maximum atomic E-state index is 13.1. The molecule has 0 aromatic heterocycles. The van der Waals surface area contributed by atoms with Crippen LogP contribution in [0.25, 0.3) is 0 Å². The third-order valence-corrected chi connectivity index (χ3v) is 2.89. The predicted octanol–water partition coefficient (Wildman–Crippen LogP) is 2.49. The van der Waals surface area contributed by atoms with E-state index in [1.165, 1.54) is 12.1 Å². The lowest BCUT2D eigenvalue weighted by molar-refractivity contribution is 0.625. The van der Waals surface area contributed by atoms with Crippen LogP contribution in [0.1, 0.15) is 18.9 Å². The number of nitriles is 1. The number of halogens is 1. The van der Waals surface area contributed by atoms with Crippen LogP contribution in [0, 0.1) is 17.1 Å². The van der Waals surface area contributed by atoms with Gasteiger partial charge in [0.15, 0.2) is 0 Å². The number of benzene rings is 1. The fourth-order valence-electron chi connectivity index (χ4n) is 2.08. The zero-order valence-electron chi connectivity index (χ0n) is 8.70. The summed E-state index contributed by atoms with van der Waals surface area (Å²) in [6.07, 6.45) is 1.68. The quantitative estimate of drug-likeness (QED) is 0.740. The Morgan fingerprint density at radius 3 is 3.07 bits per heavy atom. The highest BCUT2D eigenvalue weighted by Gasteiger charge is 2.24. The molecule has 0 radical (unpaired) electrons. The lowest BCUT2D eigenvalue weighted by atomic mass is 10.1. The van der Waals surface area contributed by atoms with E-state index in [4.69, 9.17) is 5.26 Å². The second-order valence-electron chi connectivity index (χ2n) is 3.77. The largest absolute Gasteiger partial charge is 0.355 e. The smallest absolute Gasteiger partial charge is 0.125 e. The summed E-state index contributed by atoms with van der Waals surface area (Å²) in [5, 5.41) is 9.00. The van der Waals surface area contributed by atoms with Crippen molar-refractivity contribution < 1.29 is 4.39 Å². The summed E-state index contributed by atoms with van der Waals surface area (Å²) in [6, 6.07) is 6.95. The molecule has 0 aliphatic carbocycles. The number of fused-ring (bicyclic) bond motifs is 1. The number of hydrogen-bond donors (Lipinski definition) is 0. The van der Waals surface area contributed by atoms with Crippen molar-refractivity contribution in [3.63, 3.8) is 0 Å². The first-order valence-corrected chi connectivity index (χ1v) is 5.21. The molecule has 1 unspecified atom stereocenters. The van der Waals surface area contributed by atoms with Crippen LogP contribution in [0.5, 0.6) is 0 Å². The SMILES string of the molecule is CCC(C#N)N1CCc2ccc(F)cc21. The van der Waals surface area contributed by atoms with Crippen LogP contribution in [0.15, 0.2) is 18.2 Å². The van der Waals surface area contributed by atoms with Gasteiger partial charge in [0, 0.05) is 12.2 Å². The molecule has 1 aliphatic rings. The van der Waals surface area contributed by atoms with Crippen LogP contribution < -0.4 is 4.90 Å². The average Bonchev–Trinajstić information content (AvgIpc) is 2.64. The zero-order chi connectivity index (χ0) is 10.8. The molecule has 0 saturated heterocycles. The molecule has 0 saturated carbocycles. The summed E-state index contributed by atoms with van der Waals surface area (Å²) >= 11 is 0. The van der Waals surface area contributed by atoms with Crippen molar-refractivity contribution >= 4 is 5.69 Å². The Morgan fingerprint density at radius 1 is 1.60 bits per heavy atom. The van der Waals surface area contributed by atoms with Gasteiger partial charge in [-0.15, -0.1) is 0 Å². The van der Waals surface area contributed by atoms with Gasteiger partial charge in [-0.05, 0) is 30.5 Å². The van der Waals surface area contributed by atoms with Gasteiger partial charge in [0.25, 0.3) is 0 Å². The van der Waals surface area contributed by atoms with Crippen LogP contribution in [-0.2, 0) is 6.42 Å². The predicted molar refractivity (Wildman–Crippen MR) is 57.1 cm³/mol. The first kappa shape index (κ1) is 9.97. The molecule has 15 heavy (non-hydrogen) atoms. The van der Waals surface area contributed by atoms with Crippen LogP contribution >= 0.6 is 0 Å². The van der Waals surface area contributed by atoms with E-state index in [9.17, 15) is 4.39 Å². The minimum absolute atomic E-state index is 0.131. The summed E-state index contributed by atoms with van der Waals surface area (Å²) in [4.78, 5) is 2.00. The molecular formula is C12H13FN2. The molecule has 1 heterocycles. The van der Waals surface area contributed by atoms with E-state index in [2.05, 4.69) is 6.07 Å². The third-order valence-electron chi connectivity index (χ3n) is 2.89. The van der Waals surface area contributed by atoms with E-state index in [1.54, 1.807) is 0 Å². The molecule has 1 aromatic carbocycles. The van der Waals surface area contributed by atoms with E-state index in [0.29, 0.717) is 0 Å². The van der Waals surface area contributed by atoms with Gasteiger partial charge in [0.2, 0.25) is 0 Å². The minimum Gasteiger partial charge on any atom is -0.355 e. The summed E-state index contributed by atoms with van der Waals surface area (Å²) < 4.78 is 13.1. The highest BCUT2D eigenvalue weighted by Crippen LogP contribution is 2.30. The van der Waals surface area contributed by atoms with Gasteiger partial charge < -0.3 is 4.90 Å². The second-order valence-corrected chi connectivity index (χ2v) is 3.77. The maximum absolute atomic E-state index is 13.1. The fraction of sp³-hybridized carbons (Fsp3) is 0.417. The Labute approximate surface area is 88.9 Å². The van der Waals surface area contributed by atoms with Crippen molar-refractivity contribution in [2.45, 2.75) is 25.8 Å². The Balaban J connectivity index is 2.35. The molecule has 0 N–H and O–H groups in total. The molecule has 1 atom stereocenters. The lowest BCUT2D eigenvalue weighted by Gasteiger charge is -2.23. The maximum Gasteiger partial charge on any atom is 0.125 e. The van der Waals surface area contributed by atoms with Crippen molar-refractivity contribution in [1.82, 2.24) is 0 Å². The van der Waals surface area contributed by atoms with E-state index in [1.807, 2.05) is 17.9 Å². The highest BCUT2D eigenvalue weighted by molar-refractivity contribution is 5.59. The first-order valence-electron chi connectivity index (χ1n) is 5.21. The van der Waals surface area contributed by atoms with Crippen molar-refractivity contribution in [1.29, 1.82) is 5.26 Å². The van der Waals surface area contributed by atoms with Gasteiger partial charge in [0.05, 0.1) is 6.07 Å². The number of hydrogen-bond acceptors (Lipinski definition) is 2. The summed E-state index contributed by atoms with van der Waals surface area (Å²) in [6.45, 7) is 2.80. The van der Waals surface area contributed by atoms with Crippen LogP contribution in [-0.4, -0.2) is 12.6 Å². The molecule has 3 heteroatoms. The monoisotopic (exact) mass is 204 g/mol. The van der Waals surface area contributed by atoms with Crippen molar-refractivity contribution in [3.05, 3.63) is 29.6 Å². The fourth-order valence-corrected chi connectivity index (χ4v) is 2.08. The average molecular weight is 204 g/mol. The zero-order valence-corrected chi connectivity index (χ0v) is 8.70. The van der Waals surface area contributed by atoms with Crippen LogP contribution in [0.4, 0.5) is 10.1 Å². The summed E-state index contributed by atoms with van der Waals surface area (Å²) in [5.74, 6) is -0.228. The molecule has 0 amide bonds. The van der Waals surface area contributed by atoms with Gasteiger partial charge >= 0.3 is 0 Å². The molecule has 1 aliphatic heterocycles. The third kappa shape index (κ3) is 1.68.